The molecule has 0 aliphatic carbocycles. The number of thioether (sulfide) groups is 1. The Kier molecular flexibility index (Phi) is 6.35. The summed E-state index contributed by atoms with van der Waals surface area (Å²) in [6, 6.07) is 6.13. The molecule has 5 nitrogen and oxygen atoms in total. The van der Waals surface area contributed by atoms with Crippen LogP contribution in [0.3, 0.4) is 0 Å². The van der Waals surface area contributed by atoms with Gasteiger partial charge in [-0.1, -0.05) is 23.9 Å². The second-order valence-corrected chi connectivity index (χ2v) is 6.20. The van der Waals surface area contributed by atoms with Gasteiger partial charge in [-0.3, -0.25) is 14.5 Å². The van der Waals surface area contributed by atoms with Crippen LogP contribution >= 0.6 is 11.8 Å². The number of likely N-dealkylation sites (N-methyl/N-ethyl adjacent to an activating group) is 1. The molecular formula is C15H19F2N3O2S. The Morgan fingerprint density at radius 2 is 2.13 bits per heavy atom. The average Bonchev–Trinajstić information content (AvgIpc) is 2.96. The van der Waals surface area contributed by atoms with Crippen LogP contribution in [0.4, 0.5) is 14.5 Å². The van der Waals surface area contributed by atoms with E-state index >= 15 is 0 Å². The zero-order chi connectivity index (χ0) is 16.8. The topological polar surface area (TPSA) is 61.4 Å². The number of nitrogens with zero attached hydrogens (tertiary/aromatic N) is 1. The first-order chi connectivity index (χ1) is 11.0. The molecule has 0 saturated carbocycles. The van der Waals surface area contributed by atoms with Gasteiger partial charge in [0.2, 0.25) is 11.8 Å². The highest BCUT2D eigenvalue weighted by atomic mass is 32.2. The summed E-state index contributed by atoms with van der Waals surface area (Å²) in [5.41, 5.74) is 0.360. The number of likely N-dealkylation sites (tertiary alicyclic amines) is 1. The van der Waals surface area contributed by atoms with Crippen molar-refractivity contribution >= 4 is 29.3 Å². The zero-order valence-corrected chi connectivity index (χ0v) is 13.5. The second kappa shape index (κ2) is 8.26. The van der Waals surface area contributed by atoms with Crippen LogP contribution in [0.2, 0.25) is 0 Å². The molecule has 1 fully saturated rings. The van der Waals surface area contributed by atoms with Crippen molar-refractivity contribution in [3.05, 3.63) is 24.3 Å². The maximum absolute atomic E-state index is 12.5. The van der Waals surface area contributed by atoms with Crippen molar-refractivity contribution in [2.24, 2.45) is 0 Å². The van der Waals surface area contributed by atoms with E-state index in [2.05, 4.69) is 10.6 Å². The predicted molar refractivity (Wildman–Crippen MR) is 85.6 cm³/mol. The molecule has 1 heterocycles. The van der Waals surface area contributed by atoms with Crippen LogP contribution in [-0.2, 0) is 9.59 Å². The van der Waals surface area contributed by atoms with Crippen LogP contribution < -0.4 is 10.6 Å². The number of nitrogens with one attached hydrogen (secondary N) is 2. The Bertz CT molecular complexity index is 571. The fraction of sp³-hybridized carbons (Fsp3) is 0.467. The summed E-state index contributed by atoms with van der Waals surface area (Å²) in [5, 5.41) is 5.25. The van der Waals surface area contributed by atoms with E-state index in [0.29, 0.717) is 35.3 Å². The Morgan fingerprint density at radius 1 is 1.39 bits per heavy atom. The molecule has 8 heteroatoms. The largest absolute Gasteiger partial charge is 0.358 e. The van der Waals surface area contributed by atoms with E-state index in [1.807, 2.05) is 0 Å². The molecular weight excluding hydrogens is 324 g/mol. The summed E-state index contributed by atoms with van der Waals surface area (Å²) < 4.78 is 25.1. The van der Waals surface area contributed by atoms with Crippen LogP contribution in [0, 0.1) is 0 Å². The van der Waals surface area contributed by atoms with Gasteiger partial charge in [0.1, 0.15) is 0 Å². The van der Waals surface area contributed by atoms with Crippen molar-refractivity contribution in [2.75, 3.05) is 25.5 Å². The van der Waals surface area contributed by atoms with E-state index in [0.717, 1.165) is 6.42 Å². The van der Waals surface area contributed by atoms with E-state index < -0.39 is 5.76 Å². The number of amides is 2. The molecule has 2 N–H and O–H groups in total. The molecule has 1 saturated heterocycles. The lowest BCUT2D eigenvalue weighted by molar-refractivity contribution is -0.126. The van der Waals surface area contributed by atoms with Crippen molar-refractivity contribution in [1.82, 2.24) is 10.2 Å². The first kappa shape index (κ1) is 17.7. The lowest BCUT2D eigenvalue weighted by atomic mass is 10.2. The number of hydrogen-bond donors (Lipinski definition) is 2. The van der Waals surface area contributed by atoms with Crippen molar-refractivity contribution < 1.29 is 18.4 Å². The highest BCUT2D eigenvalue weighted by Gasteiger charge is 2.31. The van der Waals surface area contributed by atoms with Gasteiger partial charge in [-0.05, 0) is 31.5 Å². The molecule has 2 rings (SSSR count). The van der Waals surface area contributed by atoms with Gasteiger partial charge in [0.05, 0.1) is 18.3 Å². The number of rotatable bonds is 6. The summed E-state index contributed by atoms with van der Waals surface area (Å²) in [6.07, 6.45) is 1.56. The van der Waals surface area contributed by atoms with Crippen LogP contribution in [0.5, 0.6) is 0 Å². The number of carbonyl (C=O) groups excluding carboxylic acids is 2. The van der Waals surface area contributed by atoms with Crippen molar-refractivity contribution in [2.45, 2.75) is 29.5 Å². The van der Waals surface area contributed by atoms with E-state index in [-0.39, 0.29) is 24.4 Å². The van der Waals surface area contributed by atoms with E-state index in [1.165, 1.54) is 6.07 Å². The maximum atomic E-state index is 12.5. The van der Waals surface area contributed by atoms with Gasteiger partial charge in [0, 0.05) is 11.9 Å². The first-order valence-corrected chi connectivity index (χ1v) is 8.18. The molecule has 126 valence electrons. The number of anilines is 1. The predicted octanol–water partition coefficient (Wildman–Crippen LogP) is 2.15. The van der Waals surface area contributed by atoms with Crippen molar-refractivity contribution in [3.63, 3.8) is 0 Å². The number of halogens is 2. The van der Waals surface area contributed by atoms with E-state index in [4.69, 9.17) is 0 Å². The summed E-state index contributed by atoms with van der Waals surface area (Å²) in [4.78, 5) is 26.1. The molecule has 1 unspecified atom stereocenters. The number of carbonyl (C=O) groups is 2. The van der Waals surface area contributed by atoms with Crippen LogP contribution in [-0.4, -0.2) is 48.7 Å². The SMILES string of the molecule is CNC(=O)C1CCCN1CC(=O)Nc1ccccc1SC(F)F. The lowest BCUT2D eigenvalue weighted by Crippen LogP contribution is -2.45. The van der Waals surface area contributed by atoms with Crippen molar-refractivity contribution in [3.8, 4) is 0 Å². The Hall–Kier alpha value is -1.67. The molecule has 1 aliphatic rings. The van der Waals surface area contributed by atoms with Gasteiger partial charge in [0.15, 0.2) is 0 Å². The van der Waals surface area contributed by atoms with Crippen molar-refractivity contribution in [1.29, 1.82) is 0 Å². The summed E-state index contributed by atoms with van der Waals surface area (Å²) in [7, 11) is 1.57. The maximum Gasteiger partial charge on any atom is 0.288 e. The minimum absolute atomic E-state index is 0.0613. The molecule has 0 spiro atoms. The third-order valence-corrected chi connectivity index (χ3v) is 4.42. The third-order valence-electron chi connectivity index (χ3n) is 3.64. The minimum Gasteiger partial charge on any atom is -0.358 e. The normalized spacial score (nSPS) is 18.2. The van der Waals surface area contributed by atoms with Gasteiger partial charge >= 0.3 is 0 Å². The summed E-state index contributed by atoms with van der Waals surface area (Å²) >= 11 is 0.393. The molecule has 0 bridgehead atoms. The Balaban J connectivity index is 1.98. The smallest absolute Gasteiger partial charge is 0.288 e. The first-order valence-electron chi connectivity index (χ1n) is 7.30. The lowest BCUT2D eigenvalue weighted by Gasteiger charge is -2.22. The number of para-hydroxylation sites is 1. The minimum atomic E-state index is -2.55. The third kappa shape index (κ3) is 4.90. The van der Waals surface area contributed by atoms with Crippen LogP contribution in [0.1, 0.15) is 12.8 Å². The Morgan fingerprint density at radius 3 is 2.83 bits per heavy atom. The fourth-order valence-electron chi connectivity index (χ4n) is 2.62. The van der Waals surface area contributed by atoms with Crippen LogP contribution in [0.15, 0.2) is 29.2 Å². The highest BCUT2D eigenvalue weighted by molar-refractivity contribution is 7.99. The van der Waals surface area contributed by atoms with Gasteiger partial charge in [-0.15, -0.1) is 0 Å². The Labute approximate surface area is 137 Å². The molecule has 0 radical (unpaired) electrons. The van der Waals surface area contributed by atoms with Gasteiger partial charge in [-0.25, -0.2) is 0 Å². The highest BCUT2D eigenvalue weighted by Crippen LogP contribution is 2.31. The van der Waals surface area contributed by atoms with E-state index in [1.54, 1.807) is 30.1 Å². The summed E-state index contributed by atoms with van der Waals surface area (Å²) in [6.45, 7) is 0.727. The number of alkyl halides is 2. The van der Waals surface area contributed by atoms with Gasteiger partial charge in [-0.2, -0.15) is 8.78 Å². The molecule has 1 aliphatic heterocycles. The molecule has 1 aromatic rings. The number of hydrogen-bond acceptors (Lipinski definition) is 4. The van der Waals surface area contributed by atoms with Crippen LogP contribution in [0.25, 0.3) is 0 Å². The molecule has 1 aromatic carbocycles. The monoisotopic (exact) mass is 343 g/mol. The molecule has 1 atom stereocenters. The molecule has 2 amide bonds. The number of benzene rings is 1. The van der Waals surface area contributed by atoms with Gasteiger partial charge < -0.3 is 10.6 Å². The fourth-order valence-corrected chi connectivity index (χ4v) is 3.22. The molecule has 0 aromatic heterocycles. The zero-order valence-electron chi connectivity index (χ0n) is 12.7. The second-order valence-electron chi connectivity index (χ2n) is 5.17. The molecule has 23 heavy (non-hydrogen) atoms. The van der Waals surface area contributed by atoms with E-state index in [9.17, 15) is 18.4 Å². The quantitative estimate of drug-likeness (QED) is 0.777. The average molecular weight is 343 g/mol. The summed E-state index contributed by atoms with van der Waals surface area (Å²) in [5.74, 6) is -2.98. The van der Waals surface area contributed by atoms with Gasteiger partial charge in [0.25, 0.3) is 5.76 Å². The standard InChI is InChI=1S/C15H19F2N3O2S/c1-18-14(22)11-6-4-8-20(11)9-13(21)19-10-5-2-3-7-12(10)23-15(16)17/h2-3,5,7,11,15H,4,6,8-9H2,1H3,(H,18,22)(H,19,21).